The van der Waals surface area contributed by atoms with E-state index in [0.29, 0.717) is 17.0 Å². The maximum Gasteiger partial charge on any atom is 0.215 e. The number of anilines is 2. The number of hydrogen-bond donors (Lipinski definition) is 2. The summed E-state index contributed by atoms with van der Waals surface area (Å²) in [5.41, 5.74) is 17.6. The first-order valence-electron chi connectivity index (χ1n) is 7.56. The Labute approximate surface area is 138 Å². The number of hydrogen-bond acceptors (Lipinski definition) is 5. The third-order valence-corrected chi connectivity index (χ3v) is 4.09. The van der Waals surface area contributed by atoms with E-state index < -0.39 is 0 Å². The van der Waals surface area contributed by atoms with Crippen LogP contribution in [0.1, 0.15) is 5.69 Å². The summed E-state index contributed by atoms with van der Waals surface area (Å²) in [6, 6.07) is 5.86. The number of fused-ring (bicyclic) bond motifs is 1. The molecule has 0 fully saturated rings. The van der Waals surface area contributed by atoms with Gasteiger partial charge in [0, 0.05) is 54.2 Å². The van der Waals surface area contributed by atoms with Crippen LogP contribution in [0.2, 0.25) is 0 Å². The van der Waals surface area contributed by atoms with E-state index in [2.05, 4.69) is 9.97 Å². The minimum atomic E-state index is 0.210. The van der Waals surface area contributed by atoms with Gasteiger partial charge in [-0.1, -0.05) is 0 Å². The van der Waals surface area contributed by atoms with E-state index in [-0.39, 0.29) is 5.88 Å². The van der Waals surface area contributed by atoms with Crippen LogP contribution in [0.3, 0.4) is 0 Å². The first-order valence-corrected chi connectivity index (χ1v) is 7.56. The van der Waals surface area contributed by atoms with Crippen molar-refractivity contribution in [3.05, 3.63) is 48.7 Å². The summed E-state index contributed by atoms with van der Waals surface area (Å²) in [6.45, 7) is 1.93. The minimum absolute atomic E-state index is 0.210. The maximum absolute atomic E-state index is 6.19. The molecule has 0 saturated carbocycles. The number of aromatic nitrogens is 3. The Bertz CT molecular complexity index is 1060. The van der Waals surface area contributed by atoms with Gasteiger partial charge in [-0.25, -0.2) is 0 Å². The number of nitrogen functional groups attached to an aromatic ring is 2. The second kappa shape index (κ2) is 5.13. The molecular weight excluding hydrogens is 302 g/mol. The second-order valence-corrected chi connectivity index (χ2v) is 5.86. The van der Waals surface area contributed by atoms with E-state index in [1.807, 2.05) is 55.3 Å². The molecule has 0 bridgehead atoms. The van der Waals surface area contributed by atoms with Gasteiger partial charge in [-0.3, -0.25) is 9.97 Å². The molecule has 4 aromatic rings. The molecule has 0 amide bonds. The summed E-state index contributed by atoms with van der Waals surface area (Å²) < 4.78 is 7.73. The lowest BCUT2D eigenvalue weighted by Gasteiger charge is -2.06. The van der Waals surface area contributed by atoms with Crippen molar-refractivity contribution in [2.75, 3.05) is 11.5 Å². The molecule has 0 unspecified atom stereocenters. The zero-order valence-corrected chi connectivity index (χ0v) is 13.4. The van der Waals surface area contributed by atoms with Crippen LogP contribution in [0, 0.1) is 6.92 Å². The van der Waals surface area contributed by atoms with Crippen LogP contribution in [0.4, 0.5) is 11.6 Å². The zero-order chi connectivity index (χ0) is 16.8. The highest BCUT2D eigenvalue weighted by Gasteiger charge is 2.20. The largest absolute Gasteiger partial charge is 0.436 e. The van der Waals surface area contributed by atoms with Crippen molar-refractivity contribution in [1.82, 2.24) is 14.5 Å². The van der Waals surface area contributed by atoms with Crippen LogP contribution >= 0.6 is 0 Å². The topological polar surface area (TPSA) is 95.9 Å². The summed E-state index contributed by atoms with van der Waals surface area (Å²) in [5.74, 6) is 0.210. The molecule has 0 aromatic carbocycles. The Morgan fingerprint density at radius 2 is 1.96 bits per heavy atom. The molecule has 4 heterocycles. The van der Waals surface area contributed by atoms with Crippen molar-refractivity contribution >= 4 is 22.5 Å². The first kappa shape index (κ1) is 14.3. The number of nitrogens with zero attached hydrogens (tertiary/aromatic N) is 3. The summed E-state index contributed by atoms with van der Waals surface area (Å²) in [5, 5.41) is 0.790. The van der Waals surface area contributed by atoms with Crippen molar-refractivity contribution in [3.8, 4) is 22.4 Å². The average Bonchev–Trinajstić information content (AvgIpc) is 3.11. The summed E-state index contributed by atoms with van der Waals surface area (Å²) in [4.78, 5) is 8.84. The lowest BCUT2D eigenvalue weighted by atomic mass is 10.0. The van der Waals surface area contributed by atoms with Crippen LogP contribution in [-0.2, 0) is 7.05 Å². The molecule has 0 aliphatic heterocycles. The predicted octanol–water partition coefficient (Wildman–Crippen LogP) is 3.37. The van der Waals surface area contributed by atoms with Gasteiger partial charge in [-0.2, -0.15) is 0 Å². The number of rotatable bonds is 2. The van der Waals surface area contributed by atoms with Crippen molar-refractivity contribution < 1.29 is 4.42 Å². The number of nitrogens with two attached hydrogens (primary N) is 2. The van der Waals surface area contributed by atoms with Gasteiger partial charge in [0.25, 0.3) is 0 Å². The molecule has 0 spiro atoms. The molecule has 0 aliphatic rings. The normalized spacial score (nSPS) is 11.2. The van der Waals surface area contributed by atoms with Crippen LogP contribution in [0.5, 0.6) is 0 Å². The molecule has 6 nitrogen and oxygen atoms in total. The molecule has 0 aliphatic carbocycles. The first-order chi connectivity index (χ1) is 11.5. The summed E-state index contributed by atoms with van der Waals surface area (Å²) >= 11 is 0. The summed E-state index contributed by atoms with van der Waals surface area (Å²) in [7, 11) is 1.97. The lowest BCUT2D eigenvalue weighted by Crippen LogP contribution is -1.92. The van der Waals surface area contributed by atoms with Gasteiger partial charge in [0.2, 0.25) is 5.88 Å². The van der Waals surface area contributed by atoms with E-state index >= 15 is 0 Å². The molecule has 0 saturated heterocycles. The number of pyridine rings is 2. The highest BCUT2D eigenvalue weighted by molar-refractivity contribution is 6.09. The molecule has 6 heteroatoms. The molecule has 4 aromatic heterocycles. The molecule has 4 rings (SSSR count). The van der Waals surface area contributed by atoms with E-state index in [1.165, 1.54) is 0 Å². The van der Waals surface area contributed by atoms with Crippen molar-refractivity contribution in [2.24, 2.45) is 7.05 Å². The fraction of sp³-hybridized carbons (Fsp3) is 0.111. The van der Waals surface area contributed by atoms with Crippen molar-refractivity contribution in [1.29, 1.82) is 0 Å². The van der Waals surface area contributed by atoms with E-state index in [9.17, 15) is 0 Å². The van der Waals surface area contributed by atoms with E-state index in [1.54, 1.807) is 6.20 Å². The molecular formula is C18H17N5O. The smallest absolute Gasteiger partial charge is 0.215 e. The fourth-order valence-electron chi connectivity index (χ4n) is 2.93. The van der Waals surface area contributed by atoms with Gasteiger partial charge < -0.3 is 20.5 Å². The standard InChI is InChI=1S/C18H17N5O/c1-10-7-11(3-5-21-10)16-17-14(15(19)18(20)24-17)13(8-22-16)12-4-6-23(2)9-12/h3-9H,19-20H2,1-2H3. The monoisotopic (exact) mass is 319 g/mol. The average molecular weight is 319 g/mol. The Morgan fingerprint density at radius 1 is 1.12 bits per heavy atom. The van der Waals surface area contributed by atoms with Crippen molar-refractivity contribution in [3.63, 3.8) is 0 Å². The molecule has 24 heavy (non-hydrogen) atoms. The van der Waals surface area contributed by atoms with E-state index in [4.69, 9.17) is 15.9 Å². The van der Waals surface area contributed by atoms with Crippen LogP contribution in [0.25, 0.3) is 33.4 Å². The third kappa shape index (κ3) is 2.11. The zero-order valence-electron chi connectivity index (χ0n) is 13.4. The van der Waals surface area contributed by atoms with Gasteiger partial charge in [0.05, 0.1) is 5.39 Å². The van der Waals surface area contributed by atoms with Gasteiger partial charge in [0.1, 0.15) is 11.4 Å². The molecule has 0 atom stereocenters. The predicted molar refractivity (Wildman–Crippen MR) is 95.2 cm³/mol. The maximum atomic E-state index is 6.19. The molecule has 4 N–H and O–H groups in total. The Hall–Kier alpha value is -3.28. The SMILES string of the molecule is Cc1cc(-c2ncc(-c3ccn(C)c3)c3c(N)c(N)oc23)ccn1. The Balaban J connectivity index is 2.04. The fourth-order valence-corrected chi connectivity index (χ4v) is 2.93. The van der Waals surface area contributed by atoms with Crippen LogP contribution < -0.4 is 11.5 Å². The molecule has 0 radical (unpaired) electrons. The quantitative estimate of drug-likeness (QED) is 0.590. The van der Waals surface area contributed by atoms with Crippen LogP contribution in [-0.4, -0.2) is 14.5 Å². The highest BCUT2D eigenvalue weighted by atomic mass is 16.3. The van der Waals surface area contributed by atoms with Gasteiger partial charge in [-0.15, -0.1) is 0 Å². The second-order valence-electron chi connectivity index (χ2n) is 5.86. The number of aryl methyl sites for hydroxylation is 2. The summed E-state index contributed by atoms with van der Waals surface area (Å²) in [6.07, 6.45) is 7.54. The van der Waals surface area contributed by atoms with E-state index in [0.717, 1.165) is 27.8 Å². The lowest BCUT2D eigenvalue weighted by molar-refractivity contribution is 0.638. The molecule has 120 valence electrons. The number of furan rings is 1. The Morgan fingerprint density at radius 3 is 2.67 bits per heavy atom. The van der Waals surface area contributed by atoms with Gasteiger partial charge >= 0.3 is 0 Å². The Kier molecular flexibility index (Phi) is 3.06. The minimum Gasteiger partial charge on any atom is -0.436 e. The van der Waals surface area contributed by atoms with Gasteiger partial charge in [0.15, 0.2) is 5.58 Å². The van der Waals surface area contributed by atoms with Crippen LogP contribution in [0.15, 0.2) is 47.4 Å². The highest BCUT2D eigenvalue weighted by Crippen LogP contribution is 2.41. The third-order valence-electron chi connectivity index (χ3n) is 4.09. The van der Waals surface area contributed by atoms with Crippen molar-refractivity contribution in [2.45, 2.75) is 6.92 Å². The van der Waals surface area contributed by atoms with Gasteiger partial charge in [-0.05, 0) is 25.1 Å².